The van der Waals surface area contributed by atoms with Crippen molar-refractivity contribution in [2.24, 2.45) is 5.73 Å². The Hall–Kier alpha value is -0.910. The molecule has 6 heteroatoms. The molecule has 0 saturated carbocycles. The molecule has 1 aromatic carbocycles. The first-order valence-electron chi connectivity index (χ1n) is 5.05. The van der Waals surface area contributed by atoms with Gasteiger partial charge in [-0.05, 0) is 18.9 Å². The summed E-state index contributed by atoms with van der Waals surface area (Å²) in [5.41, 5.74) is 6.36. The largest absolute Gasteiger partial charge is 0.434 e. The van der Waals surface area contributed by atoms with E-state index in [4.69, 9.17) is 10.8 Å². The molecule has 0 fully saturated rings. The molecule has 0 aromatic heterocycles. The molecule has 98 valence electrons. The number of aliphatic hydroxyl groups excluding tert-OH is 1. The van der Waals surface area contributed by atoms with Crippen molar-refractivity contribution >= 4 is 12.4 Å². The van der Waals surface area contributed by atoms with Crippen molar-refractivity contribution in [3.63, 3.8) is 0 Å². The predicted octanol–water partition coefficient (Wildman–Crippen LogP) is 2.48. The highest BCUT2D eigenvalue weighted by atomic mass is 35.5. The Bertz CT molecular complexity index is 326. The second-order valence-corrected chi connectivity index (χ2v) is 3.39. The molecule has 0 saturated heterocycles. The zero-order valence-electron chi connectivity index (χ0n) is 9.18. The SMILES string of the molecule is Cl.N[C@@H](CCCO)c1ccccc1OC(F)F. The van der Waals surface area contributed by atoms with E-state index in [1.54, 1.807) is 18.2 Å². The number of para-hydroxylation sites is 1. The molecule has 0 spiro atoms. The lowest BCUT2D eigenvalue weighted by Gasteiger charge is -2.16. The van der Waals surface area contributed by atoms with Crippen molar-refractivity contribution in [2.75, 3.05) is 6.61 Å². The molecular formula is C11H16ClF2NO2. The molecule has 17 heavy (non-hydrogen) atoms. The highest BCUT2D eigenvalue weighted by Gasteiger charge is 2.14. The quantitative estimate of drug-likeness (QED) is 0.833. The topological polar surface area (TPSA) is 55.5 Å². The van der Waals surface area contributed by atoms with Crippen LogP contribution in [0.5, 0.6) is 5.75 Å². The summed E-state index contributed by atoms with van der Waals surface area (Å²) in [6, 6.07) is 6.04. The first-order valence-corrected chi connectivity index (χ1v) is 5.05. The van der Waals surface area contributed by atoms with Crippen LogP contribution in [0.15, 0.2) is 24.3 Å². The average molecular weight is 268 g/mol. The van der Waals surface area contributed by atoms with Gasteiger partial charge in [0.05, 0.1) is 0 Å². The average Bonchev–Trinajstić information content (AvgIpc) is 2.26. The summed E-state index contributed by atoms with van der Waals surface area (Å²) < 4.78 is 28.6. The Labute approximate surface area is 105 Å². The van der Waals surface area contributed by atoms with E-state index in [-0.39, 0.29) is 24.8 Å². The van der Waals surface area contributed by atoms with Gasteiger partial charge in [0, 0.05) is 18.2 Å². The minimum Gasteiger partial charge on any atom is -0.434 e. The summed E-state index contributed by atoms with van der Waals surface area (Å²) in [7, 11) is 0. The van der Waals surface area contributed by atoms with Gasteiger partial charge in [0.25, 0.3) is 0 Å². The van der Waals surface area contributed by atoms with Gasteiger partial charge in [-0.25, -0.2) is 0 Å². The van der Waals surface area contributed by atoms with Crippen molar-refractivity contribution in [3.05, 3.63) is 29.8 Å². The zero-order valence-corrected chi connectivity index (χ0v) is 10.00. The van der Waals surface area contributed by atoms with Crippen LogP contribution < -0.4 is 10.5 Å². The van der Waals surface area contributed by atoms with Crippen LogP contribution in [0.1, 0.15) is 24.4 Å². The molecule has 0 aliphatic heterocycles. The number of rotatable bonds is 6. The molecule has 0 radical (unpaired) electrons. The van der Waals surface area contributed by atoms with Crippen molar-refractivity contribution in [3.8, 4) is 5.75 Å². The number of halogens is 3. The fraction of sp³-hybridized carbons (Fsp3) is 0.455. The Balaban J connectivity index is 0.00000256. The summed E-state index contributed by atoms with van der Waals surface area (Å²) in [6.07, 6.45) is 1.06. The van der Waals surface area contributed by atoms with Crippen LogP contribution in [-0.4, -0.2) is 18.3 Å². The highest BCUT2D eigenvalue weighted by Crippen LogP contribution is 2.27. The van der Waals surface area contributed by atoms with Crippen molar-refractivity contribution < 1.29 is 18.6 Å². The lowest BCUT2D eigenvalue weighted by atomic mass is 10.0. The number of nitrogens with two attached hydrogens (primary N) is 1. The number of benzene rings is 1. The number of hydrogen-bond acceptors (Lipinski definition) is 3. The Morgan fingerprint density at radius 1 is 1.29 bits per heavy atom. The van der Waals surface area contributed by atoms with Gasteiger partial charge in [-0.3, -0.25) is 0 Å². The van der Waals surface area contributed by atoms with Gasteiger partial charge >= 0.3 is 6.61 Å². The van der Waals surface area contributed by atoms with Gasteiger partial charge in [-0.15, -0.1) is 12.4 Å². The van der Waals surface area contributed by atoms with E-state index in [1.165, 1.54) is 6.07 Å². The second-order valence-electron chi connectivity index (χ2n) is 3.39. The van der Waals surface area contributed by atoms with E-state index < -0.39 is 12.7 Å². The van der Waals surface area contributed by atoms with Crippen LogP contribution in [0.25, 0.3) is 0 Å². The molecule has 1 aromatic rings. The Morgan fingerprint density at radius 3 is 2.53 bits per heavy atom. The maximum Gasteiger partial charge on any atom is 0.387 e. The highest BCUT2D eigenvalue weighted by molar-refractivity contribution is 5.85. The van der Waals surface area contributed by atoms with E-state index in [0.717, 1.165) is 0 Å². The smallest absolute Gasteiger partial charge is 0.387 e. The van der Waals surface area contributed by atoms with Crippen LogP contribution in [0.4, 0.5) is 8.78 Å². The molecule has 0 unspecified atom stereocenters. The van der Waals surface area contributed by atoms with Crippen molar-refractivity contribution in [1.82, 2.24) is 0 Å². The molecule has 0 amide bonds. The predicted molar refractivity (Wildman–Crippen MR) is 63.6 cm³/mol. The number of aliphatic hydroxyl groups is 1. The van der Waals surface area contributed by atoms with E-state index in [2.05, 4.69) is 4.74 Å². The number of alkyl halides is 2. The van der Waals surface area contributed by atoms with E-state index in [1.807, 2.05) is 0 Å². The minimum atomic E-state index is -2.86. The molecule has 3 nitrogen and oxygen atoms in total. The van der Waals surface area contributed by atoms with Crippen LogP contribution >= 0.6 is 12.4 Å². The standard InChI is InChI=1S/C11H15F2NO2.ClH/c12-11(13)16-10-6-2-1-4-8(10)9(14)5-3-7-15;/h1-2,4,6,9,11,15H,3,5,7,14H2;1H/t9-;/m0./s1. The number of ether oxygens (including phenoxy) is 1. The van der Waals surface area contributed by atoms with Crippen LogP contribution in [0.2, 0.25) is 0 Å². The van der Waals surface area contributed by atoms with Gasteiger partial charge in [0.1, 0.15) is 5.75 Å². The Morgan fingerprint density at radius 2 is 1.94 bits per heavy atom. The summed E-state index contributed by atoms with van der Waals surface area (Å²) in [6.45, 7) is -2.82. The lowest BCUT2D eigenvalue weighted by molar-refractivity contribution is -0.0506. The Kier molecular flexibility index (Phi) is 7.78. The van der Waals surface area contributed by atoms with E-state index >= 15 is 0 Å². The normalized spacial score (nSPS) is 12.1. The summed E-state index contributed by atoms with van der Waals surface area (Å²) in [5.74, 6) is 0.0999. The zero-order chi connectivity index (χ0) is 12.0. The molecule has 0 aliphatic carbocycles. The molecule has 0 heterocycles. The van der Waals surface area contributed by atoms with Crippen LogP contribution in [-0.2, 0) is 0 Å². The second kappa shape index (κ2) is 8.22. The van der Waals surface area contributed by atoms with Gasteiger partial charge in [0.15, 0.2) is 0 Å². The van der Waals surface area contributed by atoms with Gasteiger partial charge < -0.3 is 15.6 Å². The molecule has 1 rings (SSSR count). The third-order valence-electron chi connectivity index (χ3n) is 2.21. The first kappa shape index (κ1) is 16.1. The summed E-state index contributed by atoms with van der Waals surface area (Å²) >= 11 is 0. The maximum absolute atomic E-state index is 12.1. The third kappa shape index (κ3) is 5.30. The third-order valence-corrected chi connectivity index (χ3v) is 2.21. The van der Waals surface area contributed by atoms with E-state index in [0.29, 0.717) is 18.4 Å². The van der Waals surface area contributed by atoms with Gasteiger partial charge in [-0.1, -0.05) is 18.2 Å². The maximum atomic E-state index is 12.1. The molecule has 3 N–H and O–H groups in total. The van der Waals surface area contributed by atoms with Crippen LogP contribution in [0, 0.1) is 0 Å². The first-order chi connectivity index (χ1) is 7.65. The lowest BCUT2D eigenvalue weighted by Crippen LogP contribution is -2.14. The molecule has 0 aliphatic rings. The minimum absolute atomic E-state index is 0. The monoisotopic (exact) mass is 267 g/mol. The van der Waals surface area contributed by atoms with Gasteiger partial charge in [-0.2, -0.15) is 8.78 Å². The number of hydrogen-bond donors (Lipinski definition) is 2. The fourth-order valence-corrected chi connectivity index (χ4v) is 1.46. The molecule has 1 atom stereocenters. The summed E-state index contributed by atoms with van der Waals surface area (Å²) in [4.78, 5) is 0. The molecular weight excluding hydrogens is 252 g/mol. The molecule has 0 bridgehead atoms. The fourth-order valence-electron chi connectivity index (χ4n) is 1.46. The van der Waals surface area contributed by atoms with Gasteiger partial charge in [0.2, 0.25) is 0 Å². The van der Waals surface area contributed by atoms with E-state index in [9.17, 15) is 8.78 Å². The van der Waals surface area contributed by atoms with Crippen molar-refractivity contribution in [2.45, 2.75) is 25.5 Å². The summed E-state index contributed by atoms with van der Waals surface area (Å²) in [5, 5.41) is 8.67. The van der Waals surface area contributed by atoms with Crippen molar-refractivity contribution in [1.29, 1.82) is 0 Å². The van der Waals surface area contributed by atoms with Crippen LogP contribution in [0.3, 0.4) is 0 Å².